The second-order valence-corrected chi connectivity index (χ2v) is 4.32. The van der Waals surface area contributed by atoms with Gasteiger partial charge in [0.15, 0.2) is 0 Å². The number of ether oxygens (including phenoxy) is 1. The van der Waals surface area contributed by atoms with Crippen LogP contribution in [-0.2, 0) is 9.53 Å². The van der Waals surface area contributed by atoms with Gasteiger partial charge in [0.05, 0.1) is 12.6 Å². The van der Waals surface area contributed by atoms with Crippen LogP contribution in [0.3, 0.4) is 0 Å². The lowest BCUT2D eigenvalue weighted by molar-refractivity contribution is -0.108. The molecule has 3 heteroatoms. The van der Waals surface area contributed by atoms with E-state index in [0.29, 0.717) is 18.9 Å². The Balaban J connectivity index is 4.37. The van der Waals surface area contributed by atoms with Crippen LogP contribution in [-0.4, -0.2) is 31.8 Å². The molecular weight excluding hydrogens is 202 g/mol. The first-order valence-corrected chi connectivity index (χ1v) is 6.14. The van der Waals surface area contributed by atoms with Crippen LogP contribution in [0.2, 0.25) is 0 Å². The first-order chi connectivity index (χ1) is 7.65. The molecule has 94 valence electrons. The van der Waals surface area contributed by atoms with E-state index in [1.807, 2.05) is 0 Å². The van der Waals surface area contributed by atoms with E-state index in [4.69, 9.17) is 4.74 Å². The number of rotatable bonds is 9. The molecule has 0 amide bonds. The molecule has 0 aromatic carbocycles. The molecule has 0 saturated heterocycles. The van der Waals surface area contributed by atoms with Gasteiger partial charge in [-0.25, -0.2) is 0 Å². The van der Waals surface area contributed by atoms with E-state index in [-0.39, 0.29) is 6.04 Å². The second-order valence-electron chi connectivity index (χ2n) is 4.32. The van der Waals surface area contributed by atoms with Crippen LogP contribution in [0.25, 0.3) is 0 Å². The highest BCUT2D eigenvalue weighted by Crippen LogP contribution is 2.13. The topological polar surface area (TPSA) is 38.7 Å². The van der Waals surface area contributed by atoms with Gasteiger partial charge in [-0.05, 0) is 25.7 Å². The molecule has 2 atom stereocenters. The number of aldehydes is 1. The minimum atomic E-state index is 0.213. The Bertz CT molecular complexity index is 214. The van der Waals surface area contributed by atoms with Crippen LogP contribution >= 0.6 is 0 Å². The molecule has 0 spiro atoms. The molecule has 3 nitrogen and oxygen atoms in total. The molecule has 0 heterocycles. The molecule has 16 heavy (non-hydrogen) atoms. The van der Waals surface area contributed by atoms with Gasteiger partial charge >= 0.3 is 0 Å². The summed E-state index contributed by atoms with van der Waals surface area (Å²) in [5.41, 5.74) is 1.23. The Morgan fingerprint density at radius 1 is 1.44 bits per heavy atom. The molecule has 1 unspecified atom stereocenters. The summed E-state index contributed by atoms with van der Waals surface area (Å²) in [6, 6.07) is 0.213. The van der Waals surface area contributed by atoms with Crippen molar-refractivity contribution < 1.29 is 9.53 Å². The summed E-state index contributed by atoms with van der Waals surface area (Å²) in [4.78, 5) is 15.0. The number of hydrogen-bond donors (Lipinski definition) is 0. The van der Waals surface area contributed by atoms with E-state index in [2.05, 4.69) is 25.8 Å². The van der Waals surface area contributed by atoms with Crippen molar-refractivity contribution in [1.82, 2.24) is 0 Å². The van der Waals surface area contributed by atoms with Gasteiger partial charge in [-0.1, -0.05) is 20.3 Å². The average molecular weight is 227 g/mol. The molecule has 0 saturated carbocycles. The molecule has 0 aliphatic carbocycles. The van der Waals surface area contributed by atoms with Gasteiger partial charge < -0.3 is 9.53 Å². The Hall–Kier alpha value is -0.700. The van der Waals surface area contributed by atoms with Crippen molar-refractivity contribution in [3.63, 3.8) is 0 Å². The van der Waals surface area contributed by atoms with E-state index in [9.17, 15) is 4.79 Å². The number of hydrogen-bond acceptors (Lipinski definition) is 3. The summed E-state index contributed by atoms with van der Waals surface area (Å²) in [7, 11) is 1.70. The molecule has 0 aliphatic heterocycles. The minimum absolute atomic E-state index is 0.213. The maximum Gasteiger partial charge on any atom is 0.120 e. The van der Waals surface area contributed by atoms with E-state index in [0.717, 1.165) is 25.5 Å². The van der Waals surface area contributed by atoms with Crippen molar-refractivity contribution >= 4 is 12.0 Å². The number of methoxy groups -OCH3 is 1. The minimum Gasteiger partial charge on any atom is -0.382 e. The molecule has 0 aliphatic rings. The lowest BCUT2D eigenvalue weighted by Crippen LogP contribution is -2.17. The van der Waals surface area contributed by atoms with Crippen molar-refractivity contribution in [3.05, 3.63) is 0 Å². The lowest BCUT2D eigenvalue weighted by atomic mass is 9.96. The first-order valence-electron chi connectivity index (χ1n) is 6.14. The van der Waals surface area contributed by atoms with Gasteiger partial charge in [-0.3, -0.25) is 4.99 Å². The third-order valence-electron chi connectivity index (χ3n) is 2.59. The maximum atomic E-state index is 10.4. The lowest BCUT2D eigenvalue weighted by Gasteiger charge is -2.16. The van der Waals surface area contributed by atoms with Crippen LogP contribution in [0, 0.1) is 5.92 Å². The average Bonchev–Trinajstić information content (AvgIpc) is 2.25. The highest BCUT2D eigenvalue weighted by molar-refractivity contribution is 5.86. The van der Waals surface area contributed by atoms with Gasteiger partial charge in [-0.2, -0.15) is 0 Å². The van der Waals surface area contributed by atoms with Crippen LogP contribution < -0.4 is 0 Å². The largest absolute Gasteiger partial charge is 0.382 e. The molecule has 0 N–H and O–H groups in total. The van der Waals surface area contributed by atoms with Crippen LogP contribution in [0.15, 0.2) is 4.99 Å². The third-order valence-corrected chi connectivity index (χ3v) is 2.59. The number of aliphatic imine (C=N–C) groups is 1. The van der Waals surface area contributed by atoms with E-state index >= 15 is 0 Å². The Morgan fingerprint density at radius 3 is 2.62 bits per heavy atom. The van der Waals surface area contributed by atoms with Gasteiger partial charge in [-0.15, -0.1) is 0 Å². The summed E-state index contributed by atoms with van der Waals surface area (Å²) in [6.45, 7) is 7.03. The fraction of sp³-hybridized carbons (Fsp3) is 0.846. The Morgan fingerprint density at radius 2 is 2.12 bits per heavy atom. The van der Waals surface area contributed by atoms with Gasteiger partial charge in [0.1, 0.15) is 6.29 Å². The predicted octanol–water partition coefficient (Wildman–Crippen LogP) is 2.88. The van der Waals surface area contributed by atoms with E-state index in [1.165, 1.54) is 5.71 Å². The van der Waals surface area contributed by atoms with Crippen molar-refractivity contribution in [3.8, 4) is 0 Å². The normalized spacial score (nSPS) is 15.9. The van der Waals surface area contributed by atoms with E-state index in [1.54, 1.807) is 7.11 Å². The third kappa shape index (κ3) is 6.72. The Labute approximate surface area is 99.3 Å². The summed E-state index contributed by atoms with van der Waals surface area (Å²) in [6.07, 6.45) is 4.64. The SMILES string of the molecule is CCCC(=N[C@@H](C)COC)C(C)CCC=O. The molecular formula is C13H25NO2. The smallest absolute Gasteiger partial charge is 0.120 e. The first kappa shape index (κ1) is 15.3. The molecule has 0 bridgehead atoms. The molecule has 0 aromatic rings. The highest BCUT2D eigenvalue weighted by Gasteiger charge is 2.11. The standard InChI is InChI=1S/C13H25NO2/c1-5-7-13(11(2)8-6-9-15)14-12(3)10-16-4/h9,11-12H,5-8,10H2,1-4H3/t11?,12-/m0/s1. The molecule has 0 fully saturated rings. The Kier molecular flexibility index (Phi) is 9.10. The van der Waals surface area contributed by atoms with Crippen LogP contribution in [0.4, 0.5) is 0 Å². The second kappa shape index (κ2) is 9.52. The quantitative estimate of drug-likeness (QED) is 0.449. The van der Waals surface area contributed by atoms with Gasteiger partial charge in [0.2, 0.25) is 0 Å². The van der Waals surface area contributed by atoms with Crippen LogP contribution in [0.1, 0.15) is 46.5 Å². The van der Waals surface area contributed by atoms with Crippen molar-refractivity contribution in [2.24, 2.45) is 10.9 Å². The van der Waals surface area contributed by atoms with E-state index < -0.39 is 0 Å². The number of carbonyl (C=O) groups is 1. The summed E-state index contributed by atoms with van der Waals surface area (Å²) in [5.74, 6) is 0.407. The zero-order chi connectivity index (χ0) is 12.4. The monoisotopic (exact) mass is 227 g/mol. The fourth-order valence-corrected chi connectivity index (χ4v) is 1.74. The summed E-state index contributed by atoms with van der Waals surface area (Å²) in [5, 5.41) is 0. The fourth-order valence-electron chi connectivity index (χ4n) is 1.74. The van der Waals surface area contributed by atoms with Crippen LogP contribution in [0.5, 0.6) is 0 Å². The number of carbonyl (C=O) groups excluding carboxylic acids is 1. The van der Waals surface area contributed by atoms with Crippen molar-refractivity contribution in [2.45, 2.75) is 52.5 Å². The zero-order valence-corrected chi connectivity index (χ0v) is 11.0. The van der Waals surface area contributed by atoms with Gasteiger partial charge in [0.25, 0.3) is 0 Å². The molecule has 0 radical (unpaired) electrons. The molecule has 0 rings (SSSR count). The highest BCUT2D eigenvalue weighted by atomic mass is 16.5. The summed E-state index contributed by atoms with van der Waals surface area (Å²) < 4.78 is 5.08. The van der Waals surface area contributed by atoms with Gasteiger partial charge in [0, 0.05) is 19.2 Å². The predicted molar refractivity (Wildman–Crippen MR) is 68.1 cm³/mol. The maximum absolute atomic E-state index is 10.4. The van der Waals surface area contributed by atoms with Crippen molar-refractivity contribution in [1.29, 1.82) is 0 Å². The number of nitrogens with zero attached hydrogens (tertiary/aromatic N) is 1. The molecule has 0 aromatic heterocycles. The summed E-state index contributed by atoms with van der Waals surface area (Å²) >= 11 is 0. The zero-order valence-electron chi connectivity index (χ0n) is 11.0. The van der Waals surface area contributed by atoms with Crippen molar-refractivity contribution in [2.75, 3.05) is 13.7 Å².